The quantitative estimate of drug-likeness (QED) is 0.710. The molecule has 16 heavy (non-hydrogen) atoms. The highest BCUT2D eigenvalue weighted by molar-refractivity contribution is 5.75. The van der Waals surface area contributed by atoms with Crippen molar-refractivity contribution in [1.29, 1.82) is 0 Å². The number of amides is 1. The summed E-state index contributed by atoms with van der Waals surface area (Å²) in [5.74, 6) is 0.704. The second-order valence-electron chi connectivity index (χ2n) is 4.69. The molecular formula is C12H24N2O2. The SMILES string of the molecule is CC(C)OCCC(=O)NCC1CCCNC1. The predicted molar refractivity (Wildman–Crippen MR) is 64.3 cm³/mol. The average Bonchev–Trinajstić information content (AvgIpc) is 2.27. The summed E-state index contributed by atoms with van der Waals surface area (Å²) in [5, 5.41) is 6.31. The summed E-state index contributed by atoms with van der Waals surface area (Å²) in [7, 11) is 0. The second-order valence-corrected chi connectivity index (χ2v) is 4.69. The summed E-state index contributed by atoms with van der Waals surface area (Å²) in [4.78, 5) is 11.5. The molecular weight excluding hydrogens is 204 g/mol. The van der Waals surface area contributed by atoms with E-state index in [9.17, 15) is 4.79 Å². The van der Waals surface area contributed by atoms with Gasteiger partial charge in [-0.25, -0.2) is 0 Å². The highest BCUT2D eigenvalue weighted by atomic mass is 16.5. The minimum absolute atomic E-state index is 0.103. The van der Waals surface area contributed by atoms with Crippen molar-refractivity contribution < 1.29 is 9.53 Å². The van der Waals surface area contributed by atoms with E-state index in [1.165, 1.54) is 12.8 Å². The van der Waals surface area contributed by atoms with Crippen LogP contribution in [0.3, 0.4) is 0 Å². The fraction of sp³-hybridized carbons (Fsp3) is 0.917. The summed E-state index contributed by atoms with van der Waals surface area (Å²) in [5.41, 5.74) is 0. The lowest BCUT2D eigenvalue weighted by Gasteiger charge is -2.22. The monoisotopic (exact) mass is 228 g/mol. The van der Waals surface area contributed by atoms with Crippen molar-refractivity contribution in [2.24, 2.45) is 5.92 Å². The van der Waals surface area contributed by atoms with Crippen molar-refractivity contribution in [1.82, 2.24) is 10.6 Å². The van der Waals surface area contributed by atoms with Crippen LogP contribution in [0.4, 0.5) is 0 Å². The molecule has 1 saturated heterocycles. The molecule has 1 heterocycles. The Morgan fingerprint density at radius 1 is 1.56 bits per heavy atom. The Morgan fingerprint density at radius 3 is 3.00 bits per heavy atom. The van der Waals surface area contributed by atoms with Gasteiger partial charge in [-0.05, 0) is 45.7 Å². The number of rotatable bonds is 6. The van der Waals surface area contributed by atoms with Crippen molar-refractivity contribution in [3.05, 3.63) is 0 Å². The Morgan fingerprint density at radius 2 is 2.38 bits per heavy atom. The van der Waals surface area contributed by atoms with Gasteiger partial charge in [-0.1, -0.05) is 0 Å². The maximum absolute atomic E-state index is 11.5. The van der Waals surface area contributed by atoms with Gasteiger partial charge in [0.2, 0.25) is 5.91 Å². The molecule has 1 aliphatic heterocycles. The van der Waals surface area contributed by atoms with E-state index in [2.05, 4.69) is 10.6 Å². The summed E-state index contributed by atoms with van der Waals surface area (Å²) < 4.78 is 5.33. The van der Waals surface area contributed by atoms with Crippen LogP contribution in [-0.4, -0.2) is 38.3 Å². The van der Waals surface area contributed by atoms with Gasteiger partial charge >= 0.3 is 0 Å². The Balaban J connectivity index is 2.00. The minimum atomic E-state index is 0.103. The number of piperidine rings is 1. The molecule has 1 amide bonds. The molecule has 0 saturated carbocycles. The Bertz CT molecular complexity index is 201. The standard InChI is InChI=1S/C12H24N2O2/c1-10(2)16-7-5-12(15)14-9-11-4-3-6-13-8-11/h10-11,13H,3-9H2,1-2H3,(H,14,15). The first-order chi connectivity index (χ1) is 7.68. The van der Waals surface area contributed by atoms with Crippen LogP contribution >= 0.6 is 0 Å². The van der Waals surface area contributed by atoms with Gasteiger partial charge in [-0.3, -0.25) is 4.79 Å². The molecule has 1 rings (SSSR count). The number of hydrogen-bond acceptors (Lipinski definition) is 3. The molecule has 0 aromatic rings. The highest BCUT2D eigenvalue weighted by Crippen LogP contribution is 2.08. The zero-order chi connectivity index (χ0) is 11.8. The minimum Gasteiger partial charge on any atom is -0.378 e. The Labute approximate surface area is 98.1 Å². The lowest BCUT2D eigenvalue weighted by molar-refractivity contribution is -0.122. The van der Waals surface area contributed by atoms with E-state index >= 15 is 0 Å². The fourth-order valence-corrected chi connectivity index (χ4v) is 1.83. The van der Waals surface area contributed by atoms with E-state index < -0.39 is 0 Å². The van der Waals surface area contributed by atoms with Crippen molar-refractivity contribution in [2.75, 3.05) is 26.2 Å². The van der Waals surface area contributed by atoms with Gasteiger partial charge in [0.1, 0.15) is 0 Å². The Kier molecular flexibility index (Phi) is 6.42. The second kappa shape index (κ2) is 7.63. The molecule has 1 fully saturated rings. The molecule has 4 nitrogen and oxygen atoms in total. The first-order valence-corrected chi connectivity index (χ1v) is 6.27. The third-order valence-corrected chi connectivity index (χ3v) is 2.77. The molecule has 0 radical (unpaired) electrons. The van der Waals surface area contributed by atoms with Crippen LogP contribution < -0.4 is 10.6 Å². The smallest absolute Gasteiger partial charge is 0.222 e. The van der Waals surface area contributed by atoms with Gasteiger partial charge in [0.15, 0.2) is 0 Å². The summed E-state index contributed by atoms with van der Waals surface area (Å²) in [6.07, 6.45) is 3.11. The van der Waals surface area contributed by atoms with Crippen LogP contribution in [0.25, 0.3) is 0 Å². The van der Waals surface area contributed by atoms with Crippen LogP contribution in [0.1, 0.15) is 33.1 Å². The number of carbonyl (C=O) groups excluding carboxylic acids is 1. The highest BCUT2D eigenvalue weighted by Gasteiger charge is 2.13. The van der Waals surface area contributed by atoms with Gasteiger partial charge in [0.05, 0.1) is 12.7 Å². The average molecular weight is 228 g/mol. The maximum Gasteiger partial charge on any atom is 0.222 e. The first kappa shape index (κ1) is 13.5. The van der Waals surface area contributed by atoms with E-state index in [-0.39, 0.29) is 12.0 Å². The van der Waals surface area contributed by atoms with Gasteiger partial charge in [0.25, 0.3) is 0 Å². The number of nitrogens with one attached hydrogen (secondary N) is 2. The molecule has 94 valence electrons. The van der Waals surface area contributed by atoms with Crippen molar-refractivity contribution in [3.8, 4) is 0 Å². The van der Waals surface area contributed by atoms with Gasteiger partial charge in [0, 0.05) is 13.0 Å². The van der Waals surface area contributed by atoms with Gasteiger partial charge < -0.3 is 15.4 Å². The molecule has 1 atom stereocenters. The molecule has 0 bridgehead atoms. The zero-order valence-electron chi connectivity index (χ0n) is 10.4. The third kappa shape index (κ3) is 6.08. The molecule has 1 unspecified atom stereocenters. The Hall–Kier alpha value is -0.610. The lowest BCUT2D eigenvalue weighted by atomic mass is 10.00. The van der Waals surface area contributed by atoms with Crippen molar-refractivity contribution in [3.63, 3.8) is 0 Å². The molecule has 2 N–H and O–H groups in total. The third-order valence-electron chi connectivity index (χ3n) is 2.77. The van der Waals surface area contributed by atoms with E-state index in [4.69, 9.17) is 4.74 Å². The summed E-state index contributed by atoms with van der Waals surface area (Å²) in [6.45, 7) is 7.42. The normalized spacial score (nSPS) is 21.1. The van der Waals surface area contributed by atoms with Crippen LogP contribution in [-0.2, 0) is 9.53 Å². The van der Waals surface area contributed by atoms with Crippen molar-refractivity contribution in [2.45, 2.75) is 39.2 Å². The number of carbonyl (C=O) groups is 1. The van der Waals surface area contributed by atoms with E-state index in [1.54, 1.807) is 0 Å². The van der Waals surface area contributed by atoms with E-state index in [1.807, 2.05) is 13.8 Å². The first-order valence-electron chi connectivity index (χ1n) is 6.27. The fourth-order valence-electron chi connectivity index (χ4n) is 1.83. The predicted octanol–water partition coefficient (Wildman–Crippen LogP) is 0.917. The van der Waals surface area contributed by atoms with Crippen molar-refractivity contribution >= 4 is 5.91 Å². The van der Waals surface area contributed by atoms with E-state index in [0.717, 1.165) is 19.6 Å². The molecule has 4 heteroatoms. The van der Waals surface area contributed by atoms with Gasteiger partial charge in [-0.15, -0.1) is 0 Å². The topological polar surface area (TPSA) is 50.4 Å². The van der Waals surface area contributed by atoms with Crippen LogP contribution in [0.5, 0.6) is 0 Å². The summed E-state index contributed by atoms with van der Waals surface area (Å²) >= 11 is 0. The zero-order valence-corrected chi connectivity index (χ0v) is 10.4. The van der Waals surface area contributed by atoms with Crippen LogP contribution in [0.15, 0.2) is 0 Å². The van der Waals surface area contributed by atoms with Crippen LogP contribution in [0.2, 0.25) is 0 Å². The van der Waals surface area contributed by atoms with Crippen LogP contribution in [0, 0.1) is 5.92 Å². The van der Waals surface area contributed by atoms with E-state index in [0.29, 0.717) is 18.9 Å². The molecule has 0 aliphatic carbocycles. The molecule has 0 aromatic heterocycles. The molecule has 0 spiro atoms. The summed E-state index contributed by atoms with van der Waals surface area (Å²) in [6, 6.07) is 0. The number of hydrogen-bond donors (Lipinski definition) is 2. The lowest BCUT2D eigenvalue weighted by Crippen LogP contribution is -2.38. The maximum atomic E-state index is 11.5. The molecule has 1 aliphatic rings. The largest absolute Gasteiger partial charge is 0.378 e. The molecule has 0 aromatic carbocycles. The number of ether oxygens (including phenoxy) is 1. The van der Waals surface area contributed by atoms with Gasteiger partial charge in [-0.2, -0.15) is 0 Å².